The number of hydrogen-bond donors (Lipinski definition) is 2. The van der Waals surface area contributed by atoms with Crippen molar-refractivity contribution in [2.45, 2.75) is 55.0 Å². The van der Waals surface area contributed by atoms with Crippen LogP contribution in [0.2, 0.25) is 4.34 Å². The smallest absolute Gasteiger partial charge is 0.262 e. The number of sulfone groups is 1. The lowest BCUT2D eigenvalue weighted by Gasteiger charge is -2.39. The summed E-state index contributed by atoms with van der Waals surface area (Å²) in [7, 11) is -3.64. The van der Waals surface area contributed by atoms with Crippen LogP contribution in [-0.4, -0.2) is 56.9 Å². The summed E-state index contributed by atoms with van der Waals surface area (Å²) in [4.78, 5) is 41.1. The Hall–Kier alpha value is -2.50. The third-order valence-corrected chi connectivity index (χ3v) is 9.06. The number of carbonyl (C=O) groups excluding carboxylic acids is 3. The minimum Gasteiger partial charge on any atom is -0.363 e. The topological polar surface area (TPSA) is 113 Å². The average molecular weight is 556 g/mol. The highest BCUT2D eigenvalue weighted by atomic mass is 35.5. The van der Waals surface area contributed by atoms with Crippen LogP contribution in [0.3, 0.4) is 0 Å². The largest absolute Gasteiger partial charge is 0.363 e. The Morgan fingerprint density at radius 2 is 1.89 bits per heavy atom. The molecule has 1 unspecified atom stereocenters. The first-order chi connectivity index (χ1) is 17.0. The molecule has 194 valence electrons. The van der Waals surface area contributed by atoms with Gasteiger partial charge in [-0.15, -0.1) is 11.3 Å². The van der Waals surface area contributed by atoms with E-state index in [-0.39, 0.29) is 41.8 Å². The Morgan fingerprint density at radius 1 is 1.17 bits per heavy atom. The van der Waals surface area contributed by atoms with Gasteiger partial charge in [0.25, 0.3) is 5.91 Å². The summed E-state index contributed by atoms with van der Waals surface area (Å²) in [5, 5.41) is 5.73. The predicted molar refractivity (Wildman–Crippen MR) is 136 cm³/mol. The van der Waals surface area contributed by atoms with Crippen LogP contribution in [0.1, 0.15) is 48.2 Å². The number of nitrogens with zero attached hydrogens (tertiary/aromatic N) is 1. The molecule has 2 aromatic rings. The van der Waals surface area contributed by atoms with Crippen LogP contribution in [0, 0.1) is 5.82 Å². The normalized spacial score (nSPS) is 20.1. The second-order valence-corrected chi connectivity index (χ2v) is 13.0. The number of carbonyl (C=O) groups is 3. The molecule has 2 heterocycles. The fourth-order valence-electron chi connectivity index (χ4n) is 4.81. The van der Waals surface area contributed by atoms with Crippen LogP contribution in [0.4, 0.5) is 10.1 Å². The Morgan fingerprint density at radius 3 is 2.50 bits per heavy atom. The van der Waals surface area contributed by atoms with Gasteiger partial charge in [-0.1, -0.05) is 30.9 Å². The molecule has 2 amide bonds. The third kappa shape index (κ3) is 5.73. The molecule has 12 heteroatoms. The molecule has 1 atom stereocenters. The van der Waals surface area contributed by atoms with E-state index in [0.717, 1.165) is 49.0 Å². The van der Waals surface area contributed by atoms with Crippen LogP contribution in [0.5, 0.6) is 0 Å². The Labute approximate surface area is 218 Å². The van der Waals surface area contributed by atoms with Gasteiger partial charge < -0.3 is 15.5 Å². The second kappa shape index (κ2) is 10.5. The van der Waals surface area contributed by atoms with Gasteiger partial charge in [0.05, 0.1) is 32.4 Å². The van der Waals surface area contributed by atoms with Crippen LogP contribution >= 0.6 is 22.9 Å². The zero-order chi connectivity index (χ0) is 26.1. The molecular formula is C24H27ClFN3O5S2. The molecule has 1 saturated carbocycles. The summed E-state index contributed by atoms with van der Waals surface area (Å²) >= 11 is 7.08. The maximum Gasteiger partial charge on any atom is 0.262 e. The Kier molecular flexibility index (Phi) is 7.72. The molecule has 4 rings (SSSR count). The van der Waals surface area contributed by atoms with E-state index >= 15 is 0 Å². The Bertz CT molecular complexity index is 1290. The van der Waals surface area contributed by atoms with Crippen LogP contribution < -0.4 is 15.5 Å². The summed E-state index contributed by atoms with van der Waals surface area (Å²) < 4.78 is 38.7. The zero-order valence-corrected chi connectivity index (χ0v) is 22.1. The van der Waals surface area contributed by atoms with Gasteiger partial charge in [0.15, 0.2) is 15.6 Å². The fourth-order valence-corrected chi connectivity index (χ4v) is 6.63. The molecule has 1 aromatic carbocycles. The van der Waals surface area contributed by atoms with E-state index in [0.29, 0.717) is 22.1 Å². The van der Waals surface area contributed by atoms with Crippen molar-refractivity contribution in [1.29, 1.82) is 0 Å². The monoisotopic (exact) mass is 555 g/mol. The van der Waals surface area contributed by atoms with Crippen molar-refractivity contribution in [2.24, 2.45) is 0 Å². The van der Waals surface area contributed by atoms with Crippen LogP contribution in [0.25, 0.3) is 0 Å². The minimum absolute atomic E-state index is 0.0586. The highest BCUT2D eigenvalue weighted by Crippen LogP contribution is 2.32. The number of anilines is 1. The van der Waals surface area contributed by atoms with E-state index in [1.807, 2.05) is 0 Å². The molecule has 0 spiro atoms. The zero-order valence-electron chi connectivity index (χ0n) is 19.7. The van der Waals surface area contributed by atoms with Gasteiger partial charge in [-0.25, -0.2) is 12.8 Å². The first-order valence-corrected chi connectivity index (χ1v) is 14.7. The second-order valence-electron chi connectivity index (χ2n) is 9.29. The maximum absolute atomic E-state index is 13.9. The molecular weight excluding hydrogens is 529 g/mol. The van der Waals surface area contributed by atoms with Crippen molar-refractivity contribution < 1.29 is 27.2 Å². The average Bonchev–Trinajstić information content (AvgIpc) is 3.26. The lowest BCUT2D eigenvalue weighted by atomic mass is 9.80. The molecule has 8 nitrogen and oxygen atoms in total. The van der Waals surface area contributed by atoms with Crippen molar-refractivity contribution in [3.05, 3.63) is 45.4 Å². The number of benzene rings is 1. The molecule has 1 saturated heterocycles. The van der Waals surface area contributed by atoms with E-state index in [4.69, 9.17) is 11.6 Å². The number of thiophene rings is 1. The van der Waals surface area contributed by atoms with E-state index in [1.54, 1.807) is 12.1 Å². The predicted octanol–water partition coefficient (Wildman–Crippen LogP) is 3.34. The number of rotatable bonds is 6. The van der Waals surface area contributed by atoms with Crippen molar-refractivity contribution >= 4 is 56.1 Å². The molecule has 1 aliphatic heterocycles. The van der Waals surface area contributed by atoms with Crippen molar-refractivity contribution in [2.75, 3.05) is 24.2 Å². The van der Waals surface area contributed by atoms with Crippen molar-refractivity contribution in [3.8, 4) is 0 Å². The fraction of sp³-hybridized carbons (Fsp3) is 0.458. The number of hydrogen-bond acceptors (Lipinski definition) is 7. The lowest BCUT2D eigenvalue weighted by Crippen LogP contribution is -2.63. The molecule has 1 aromatic heterocycles. The highest BCUT2D eigenvalue weighted by molar-refractivity contribution is 7.90. The Balaban J connectivity index is 1.48. The van der Waals surface area contributed by atoms with E-state index in [9.17, 15) is 27.2 Å². The number of amides is 2. The van der Waals surface area contributed by atoms with Gasteiger partial charge in [-0.3, -0.25) is 14.4 Å². The van der Waals surface area contributed by atoms with Gasteiger partial charge in [-0.05, 0) is 49.6 Å². The van der Waals surface area contributed by atoms with E-state index in [1.165, 1.54) is 11.0 Å². The first-order valence-electron chi connectivity index (χ1n) is 11.6. The van der Waals surface area contributed by atoms with Crippen molar-refractivity contribution in [3.63, 3.8) is 0 Å². The van der Waals surface area contributed by atoms with Gasteiger partial charge in [0.2, 0.25) is 5.91 Å². The SMILES string of the molecule is CS(=O)(=O)c1ccc(F)cc1N1CCC(NC(=O)C2(NC(=O)c3ccc(Cl)s3)CCCCC2)C(=O)C1. The molecule has 2 fully saturated rings. The molecule has 0 radical (unpaired) electrons. The number of Topliss-reactive ketones (excluding diaryl/α,β-unsaturated/α-hetero) is 1. The molecule has 0 bridgehead atoms. The van der Waals surface area contributed by atoms with E-state index < -0.39 is 33.1 Å². The summed E-state index contributed by atoms with van der Waals surface area (Å²) in [6.45, 7) is 0.0691. The summed E-state index contributed by atoms with van der Waals surface area (Å²) in [6.07, 6.45) is 4.63. The quantitative estimate of drug-likeness (QED) is 0.529. The molecule has 2 N–H and O–H groups in total. The molecule has 36 heavy (non-hydrogen) atoms. The first kappa shape index (κ1) is 26.6. The number of halogens is 2. The summed E-state index contributed by atoms with van der Waals surface area (Å²) in [5.74, 6) is -1.72. The van der Waals surface area contributed by atoms with Gasteiger partial charge >= 0.3 is 0 Å². The summed E-state index contributed by atoms with van der Waals surface area (Å²) in [5.41, 5.74) is -1.00. The lowest BCUT2D eigenvalue weighted by molar-refractivity contribution is -0.133. The van der Waals surface area contributed by atoms with Gasteiger partial charge in [-0.2, -0.15) is 0 Å². The van der Waals surface area contributed by atoms with Crippen LogP contribution in [0.15, 0.2) is 35.2 Å². The standard InChI is InChI=1S/C24H27ClFN3O5S2/c1-36(33,34)20-7-5-15(26)13-17(20)29-12-9-16(18(30)14-29)27-23(32)24(10-3-2-4-11-24)28-22(31)19-6-8-21(25)35-19/h5-8,13,16H,2-4,9-12,14H2,1H3,(H,27,32)(H,28,31). The minimum atomic E-state index is -3.64. The molecule has 1 aliphatic carbocycles. The summed E-state index contributed by atoms with van der Waals surface area (Å²) in [6, 6.07) is 5.79. The van der Waals surface area contributed by atoms with Crippen molar-refractivity contribution in [1.82, 2.24) is 10.6 Å². The van der Waals surface area contributed by atoms with Crippen LogP contribution in [-0.2, 0) is 19.4 Å². The van der Waals surface area contributed by atoms with E-state index in [2.05, 4.69) is 10.6 Å². The third-order valence-electron chi connectivity index (χ3n) is 6.68. The maximum atomic E-state index is 13.9. The number of nitrogens with one attached hydrogen (secondary N) is 2. The van der Waals surface area contributed by atoms with Gasteiger partial charge in [0.1, 0.15) is 11.4 Å². The number of ketones is 1. The van der Waals surface area contributed by atoms with Gasteiger partial charge in [0, 0.05) is 12.8 Å². The highest BCUT2D eigenvalue weighted by Gasteiger charge is 2.43. The molecule has 2 aliphatic rings. The number of piperidine rings is 1.